The molecule has 0 aliphatic carbocycles. The number of aryl methyl sites for hydroxylation is 1. The summed E-state index contributed by atoms with van der Waals surface area (Å²) in [5.41, 5.74) is 7.72. The molecule has 0 atom stereocenters. The monoisotopic (exact) mass is 269 g/mol. The Labute approximate surface area is 110 Å². The van der Waals surface area contributed by atoms with E-state index in [1.807, 2.05) is 12.1 Å². The highest BCUT2D eigenvalue weighted by atomic mass is 35.5. The average molecular weight is 270 g/mol. The molecule has 0 bridgehead atoms. The summed E-state index contributed by atoms with van der Waals surface area (Å²) in [5, 5.41) is 5.45. The highest BCUT2D eigenvalue weighted by Gasteiger charge is 2.08. The van der Waals surface area contributed by atoms with Crippen LogP contribution in [0.15, 0.2) is 24.3 Å². The summed E-state index contributed by atoms with van der Waals surface area (Å²) in [6.45, 7) is 2.11. The Morgan fingerprint density at radius 2 is 2.00 bits per heavy atom. The van der Waals surface area contributed by atoms with Crippen molar-refractivity contribution in [1.82, 2.24) is 9.78 Å². The van der Waals surface area contributed by atoms with Gasteiger partial charge in [-0.2, -0.15) is 5.10 Å². The number of hydrogen-bond acceptors (Lipinski definition) is 2. The molecule has 5 heteroatoms. The van der Waals surface area contributed by atoms with Crippen molar-refractivity contribution < 1.29 is 0 Å². The second-order valence-electron chi connectivity index (χ2n) is 3.82. The van der Waals surface area contributed by atoms with Crippen LogP contribution < -0.4 is 5.73 Å². The molecule has 1 aromatic carbocycles. The topological polar surface area (TPSA) is 43.8 Å². The van der Waals surface area contributed by atoms with Gasteiger partial charge in [-0.05, 0) is 24.6 Å². The van der Waals surface area contributed by atoms with Gasteiger partial charge < -0.3 is 5.73 Å². The number of benzene rings is 1. The Kier molecular flexibility index (Phi) is 3.60. The summed E-state index contributed by atoms with van der Waals surface area (Å²) in [5.74, 6) is 0.604. The third-order valence-corrected chi connectivity index (χ3v) is 3.18. The third kappa shape index (κ3) is 2.56. The largest absolute Gasteiger partial charge is 0.384 e. The predicted molar refractivity (Wildman–Crippen MR) is 72.0 cm³/mol. The molecule has 2 rings (SSSR count). The Hall–Kier alpha value is -1.19. The van der Waals surface area contributed by atoms with Crippen LogP contribution in [-0.4, -0.2) is 9.78 Å². The zero-order valence-corrected chi connectivity index (χ0v) is 11.0. The molecule has 17 heavy (non-hydrogen) atoms. The van der Waals surface area contributed by atoms with Crippen LogP contribution in [-0.2, 0) is 6.42 Å². The Morgan fingerprint density at radius 3 is 2.65 bits per heavy atom. The van der Waals surface area contributed by atoms with E-state index < -0.39 is 0 Å². The lowest BCUT2D eigenvalue weighted by molar-refractivity contribution is 0.811. The van der Waals surface area contributed by atoms with E-state index in [2.05, 4.69) is 12.0 Å². The van der Waals surface area contributed by atoms with Gasteiger partial charge in [-0.3, -0.25) is 0 Å². The number of nitrogens with zero attached hydrogens (tertiary/aromatic N) is 2. The lowest BCUT2D eigenvalue weighted by Gasteiger charge is -2.05. The van der Waals surface area contributed by atoms with Crippen molar-refractivity contribution in [2.75, 3.05) is 5.73 Å². The number of nitrogen functional groups attached to an aromatic ring is 1. The molecule has 0 spiro atoms. The van der Waals surface area contributed by atoms with Gasteiger partial charge in [0.15, 0.2) is 0 Å². The fourth-order valence-corrected chi connectivity index (χ4v) is 1.94. The fraction of sp³-hybridized carbons (Fsp3) is 0.250. The summed E-state index contributed by atoms with van der Waals surface area (Å²) in [4.78, 5) is 0. The molecule has 0 radical (unpaired) electrons. The first-order chi connectivity index (χ1) is 8.11. The summed E-state index contributed by atoms with van der Waals surface area (Å²) in [6, 6.07) is 7.21. The van der Waals surface area contributed by atoms with Crippen LogP contribution in [0.5, 0.6) is 0 Å². The van der Waals surface area contributed by atoms with Gasteiger partial charge in [0, 0.05) is 6.07 Å². The summed E-state index contributed by atoms with van der Waals surface area (Å²) < 4.78 is 1.67. The molecule has 1 heterocycles. The number of nitrogens with two attached hydrogens (primary N) is 1. The van der Waals surface area contributed by atoms with Gasteiger partial charge in [-0.1, -0.05) is 36.5 Å². The van der Waals surface area contributed by atoms with Crippen molar-refractivity contribution in [1.29, 1.82) is 0 Å². The van der Waals surface area contributed by atoms with E-state index in [0.717, 1.165) is 24.2 Å². The zero-order chi connectivity index (χ0) is 12.4. The zero-order valence-electron chi connectivity index (χ0n) is 9.45. The van der Waals surface area contributed by atoms with Gasteiger partial charge in [-0.15, -0.1) is 0 Å². The van der Waals surface area contributed by atoms with Crippen LogP contribution in [0.3, 0.4) is 0 Å². The van der Waals surface area contributed by atoms with Crippen molar-refractivity contribution in [3.05, 3.63) is 40.0 Å². The molecule has 0 aliphatic heterocycles. The highest BCUT2D eigenvalue weighted by molar-refractivity contribution is 6.42. The van der Waals surface area contributed by atoms with Crippen LogP contribution in [0.4, 0.5) is 5.82 Å². The maximum absolute atomic E-state index is 5.97. The van der Waals surface area contributed by atoms with E-state index in [-0.39, 0.29) is 0 Å². The van der Waals surface area contributed by atoms with Crippen molar-refractivity contribution in [3.8, 4) is 5.69 Å². The summed E-state index contributed by atoms with van der Waals surface area (Å²) in [7, 11) is 0. The first kappa shape index (κ1) is 12.3. The van der Waals surface area contributed by atoms with Gasteiger partial charge in [-0.25, -0.2) is 4.68 Å². The molecular formula is C12H13Cl2N3. The van der Waals surface area contributed by atoms with E-state index in [0.29, 0.717) is 15.9 Å². The summed E-state index contributed by atoms with van der Waals surface area (Å²) >= 11 is 11.8. The number of hydrogen-bond donors (Lipinski definition) is 1. The Morgan fingerprint density at radius 1 is 1.24 bits per heavy atom. The molecule has 0 fully saturated rings. The van der Waals surface area contributed by atoms with Crippen molar-refractivity contribution in [3.63, 3.8) is 0 Å². The third-order valence-electron chi connectivity index (χ3n) is 2.44. The highest BCUT2D eigenvalue weighted by Crippen LogP contribution is 2.25. The Bertz CT molecular complexity index is 535. The van der Waals surface area contributed by atoms with Gasteiger partial charge in [0.05, 0.1) is 21.4 Å². The van der Waals surface area contributed by atoms with E-state index in [1.54, 1.807) is 16.8 Å². The normalized spacial score (nSPS) is 10.8. The van der Waals surface area contributed by atoms with Crippen LogP contribution in [0.25, 0.3) is 5.69 Å². The lowest BCUT2D eigenvalue weighted by atomic mass is 10.2. The molecule has 0 saturated carbocycles. The molecule has 2 aromatic rings. The first-order valence-electron chi connectivity index (χ1n) is 5.41. The molecule has 3 nitrogen and oxygen atoms in total. The van der Waals surface area contributed by atoms with Gasteiger partial charge >= 0.3 is 0 Å². The number of anilines is 1. The molecule has 1 aromatic heterocycles. The fourth-order valence-electron chi connectivity index (χ4n) is 1.65. The first-order valence-corrected chi connectivity index (χ1v) is 6.17. The van der Waals surface area contributed by atoms with E-state index in [9.17, 15) is 0 Å². The van der Waals surface area contributed by atoms with Crippen molar-refractivity contribution in [2.45, 2.75) is 19.8 Å². The maximum atomic E-state index is 5.97. The molecule has 2 N–H and O–H groups in total. The number of rotatable bonds is 3. The van der Waals surface area contributed by atoms with Gasteiger partial charge in [0.1, 0.15) is 5.82 Å². The molecule has 0 unspecified atom stereocenters. The van der Waals surface area contributed by atoms with Gasteiger partial charge in [0.2, 0.25) is 0 Å². The van der Waals surface area contributed by atoms with Crippen LogP contribution in [0.1, 0.15) is 19.0 Å². The van der Waals surface area contributed by atoms with Gasteiger partial charge in [0.25, 0.3) is 0 Å². The molecule has 0 aliphatic rings. The quantitative estimate of drug-likeness (QED) is 0.923. The SMILES string of the molecule is CCCc1cc(N)n(-c2ccc(Cl)c(Cl)c2)n1. The minimum Gasteiger partial charge on any atom is -0.384 e. The number of aromatic nitrogens is 2. The minimum atomic E-state index is 0.496. The number of halogens is 2. The van der Waals surface area contributed by atoms with Crippen molar-refractivity contribution in [2.24, 2.45) is 0 Å². The Balaban J connectivity index is 2.41. The summed E-state index contributed by atoms with van der Waals surface area (Å²) in [6.07, 6.45) is 1.95. The second-order valence-corrected chi connectivity index (χ2v) is 4.64. The lowest BCUT2D eigenvalue weighted by Crippen LogP contribution is -2.01. The molecule has 90 valence electrons. The molecular weight excluding hydrogens is 257 g/mol. The van der Waals surface area contributed by atoms with Crippen LogP contribution >= 0.6 is 23.2 Å². The molecule has 0 saturated heterocycles. The van der Waals surface area contributed by atoms with E-state index in [4.69, 9.17) is 28.9 Å². The second kappa shape index (κ2) is 4.98. The van der Waals surface area contributed by atoms with E-state index >= 15 is 0 Å². The van der Waals surface area contributed by atoms with Crippen LogP contribution in [0, 0.1) is 0 Å². The predicted octanol–water partition coefficient (Wildman–Crippen LogP) is 3.71. The van der Waals surface area contributed by atoms with Crippen LogP contribution in [0.2, 0.25) is 10.0 Å². The van der Waals surface area contributed by atoms with Crippen molar-refractivity contribution >= 4 is 29.0 Å². The molecule has 0 amide bonds. The maximum Gasteiger partial charge on any atom is 0.127 e. The van der Waals surface area contributed by atoms with E-state index in [1.165, 1.54) is 0 Å². The smallest absolute Gasteiger partial charge is 0.127 e. The standard InChI is InChI=1S/C12H13Cl2N3/c1-2-3-8-6-12(15)17(16-8)9-4-5-10(13)11(14)7-9/h4-7H,2-3,15H2,1H3. The minimum absolute atomic E-state index is 0.496. The average Bonchev–Trinajstić information content (AvgIpc) is 2.64.